The first-order chi connectivity index (χ1) is 43.6. The van der Waals surface area contributed by atoms with Gasteiger partial charge in [0.1, 0.15) is 60.4 Å². The summed E-state index contributed by atoms with van der Waals surface area (Å²) in [5.41, 5.74) is 34.9. The minimum atomic E-state index is -1.23. The fourth-order valence-electron chi connectivity index (χ4n) is 10.6. The Bertz CT molecular complexity index is 2270. The Kier molecular flexibility index (Phi) is 44.7. The maximum atomic E-state index is 14.6. The SMILES string of the molecule is CC(C)C[C@H](NC(=O)[C@H](CC(C)C)NC(=O)[C@H](CC(C)C)NC(=O)[C@@H](CCCCN)NC(=O)[C@@H](CC(C)C)NC(=O)[C@@H](CC(C)C)NC(=O)[C@@H](CCCCN)NC(=O)[C@@H](CC(C)C)NC(=O)[C@H](CC(C)C)NC(=O)[C@H](CCCCN)NC(=O)[C@@H](N)CCCCN)C(N)=O. The molecule has 0 aliphatic rings. The molecule has 0 radical (unpaired) electrons. The summed E-state index contributed by atoms with van der Waals surface area (Å²) in [5.74, 6) is -7.99. The Morgan fingerprint density at radius 1 is 0.237 bits per heavy atom. The van der Waals surface area contributed by atoms with E-state index in [2.05, 4.69) is 53.2 Å². The summed E-state index contributed by atoms with van der Waals surface area (Å²) in [6.07, 6.45) is 6.18. The first kappa shape index (κ1) is 87.0. The van der Waals surface area contributed by atoms with E-state index in [0.717, 1.165) is 0 Å². The van der Waals surface area contributed by atoms with E-state index in [4.69, 9.17) is 34.4 Å². The van der Waals surface area contributed by atoms with Crippen molar-refractivity contribution in [3.8, 4) is 0 Å². The van der Waals surface area contributed by atoms with E-state index in [1.165, 1.54) is 0 Å². The minimum Gasteiger partial charge on any atom is -0.368 e. The van der Waals surface area contributed by atoms with E-state index in [-0.39, 0.29) is 112 Å². The summed E-state index contributed by atoms with van der Waals surface area (Å²) in [4.78, 5) is 154. The summed E-state index contributed by atoms with van der Waals surface area (Å²) in [6.45, 7) is 27.5. The van der Waals surface area contributed by atoms with Crippen LogP contribution in [0.3, 0.4) is 0 Å². The number of hydrogen-bond acceptors (Lipinski definition) is 16. The predicted molar refractivity (Wildman–Crippen MR) is 364 cm³/mol. The maximum absolute atomic E-state index is 14.6. The Hall–Kier alpha value is -6.03. The van der Waals surface area contributed by atoms with Gasteiger partial charge in [0.05, 0.1) is 6.04 Å². The molecule has 27 heteroatoms. The number of nitrogens with two attached hydrogens (primary N) is 6. The van der Waals surface area contributed by atoms with E-state index in [1.807, 2.05) is 96.9 Å². The summed E-state index contributed by atoms with van der Waals surface area (Å²) >= 11 is 0. The van der Waals surface area contributed by atoms with E-state index in [1.54, 1.807) is 0 Å². The number of rotatable bonds is 51. The molecule has 0 saturated carbocycles. The molecule has 0 rings (SSSR count). The Morgan fingerprint density at radius 3 is 0.591 bits per heavy atom. The highest BCUT2D eigenvalue weighted by Crippen LogP contribution is 2.17. The topological polar surface area (TPSA) is 464 Å². The highest BCUT2D eigenvalue weighted by Gasteiger charge is 2.37. The summed E-state index contributed by atoms with van der Waals surface area (Å²) in [6, 6.07) is -12.3. The van der Waals surface area contributed by atoms with Crippen LogP contribution in [0, 0.1) is 41.4 Å². The van der Waals surface area contributed by atoms with Crippen LogP contribution in [0.2, 0.25) is 0 Å². The van der Waals surface area contributed by atoms with E-state index >= 15 is 0 Å². The minimum absolute atomic E-state index is 0.0280. The van der Waals surface area contributed by atoms with Crippen LogP contribution in [0.5, 0.6) is 0 Å². The van der Waals surface area contributed by atoms with Crippen LogP contribution in [0.15, 0.2) is 0 Å². The van der Waals surface area contributed by atoms with Crippen molar-refractivity contribution < 1.29 is 52.7 Å². The lowest BCUT2D eigenvalue weighted by Gasteiger charge is -2.30. The van der Waals surface area contributed by atoms with Gasteiger partial charge in [0, 0.05) is 0 Å². The van der Waals surface area contributed by atoms with Crippen molar-refractivity contribution in [1.29, 1.82) is 0 Å². The third-order valence-electron chi connectivity index (χ3n) is 15.5. The normalized spacial score (nSPS) is 15.2. The lowest BCUT2D eigenvalue weighted by molar-refractivity contribution is -0.136. The number of hydrogen-bond donors (Lipinski definition) is 16. The van der Waals surface area contributed by atoms with Crippen molar-refractivity contribution >= 4 is 65.0 Å². The molecule has 0 aromatic rings. The standard InChI is InChI=1S/C66H128N16O11/c1-38(2)31-49(56(72)83)76-63(90)52(34-41(7)8)82-66(93)55(37-44(13)14)79-60(87)48(26-18-22-30-70)75-62(89)51(33-40(5)6)81-65(92)54(36-43(11)12)78-59(86)47(25-17-21-29-69)74-61(88)50(32-39(3)4)80-64(91)53(35-42(9)10)77-58(85)46(24-16-20-28-68)73-57(84)45(71)23-15-19-27-67/h38-55H,15-37,67-71H2,1-14H3,(H2,72,83)(H,73,84)(H,74,88)(H,75,89)(H,76,90)(H,77,85)(H,78,86)(H,79,87)(H,80,91)(H,81,92)(H,82,93)/t45-,46-,47+,48+,49-,50+,51+,52-,53-,54+,55-/m0/s1. The third kappa shape index (κ3) is 38.2. The van der Waals surface area contributed by atoms with Gasteiger partial charge >= 0.3 is 0 Å². The first-order valence-electron chi connectivity index (χ1n) is 34.5. The molecular weight excluding hydrogens is 1190 g/mol. The molecule has 0 spiro atoms. The second kappa shape index (κ2) is 47.8. The number of carbonyl (C=O) groups excluding carboxylic acids is 11. The van der Waals surface area contributed by atoms with Crippen LogP contribution in [0.1, 0.15) is 219 Å². The molecule has 27 nitrogen and oxygen atoms in total. The van der Waals surface area contributed by atoms with Crippen LogP contribution < -0.4 is 87.6 Å². The molecule has 93 heavy (non-hydrogen) atoms. The second-order valence-electron chi connectivity index (χ2n) is 28.2. The van der Waals surface area contributed by atoms with Gasteiger partial charge in [-0.15, -0.1) is 0 Å². The average Bonchev–Trinajstić information content (AvgIpc) is 1.72. The van der Waals surface area contributed by atoms with Gasteiger partial charge in [0.15, 0.2) is 0 Å². The van der Waals surface area contributed by atoms with Gasteiger partial charge in [0.2, 0.25) is 65.0 Å². The van der Waals surface area contributed by atoms with E-state index in [0.29, 0.717) is 77.4 Å². The summed E-state index contributed by atoms with van der Waals surface area (Å²) in [5, 5.41) is 28.1. The van der Waals surface area contributed by atoms with Crippen LogP contribution in [0.25, 0.3) is 0 Å². The molecule has 22 N–H and O–H groups in total. The fourth-order valence-corrected chi connectivity index (χ4v) is 10.6. The summed E-state index contributed by atoms with van der Waals surface area (Å²) < 4.78 is 0. The molecule has 538 valence electrons. The molecule has 11 amide bonds. The monoisotopic (exact) mass is 1320 g/mol. The van der Waals surface area contributed by atoms with Gasteiger partial charge < -0.3 is 87.6 Å². The average molecular weight is 1320 g/mol. The lowest BCUT2D eigenvalue weighted by atomic mass is 9.98. The maximum Gasteiger partial charge on any atom is 0.243 e. The molecule has 0 aliphatic carbocycles. The Balaban J connectivity index is 7.03. The molecule has 0 unspecified atom stereocenters. The molecule has 0 bridgehead atoms. The third-order valence-corrected chi connectivity index (χ3v) is 15.5. The van der Waals surface area contributed by atoms with Gasteiger partial charge in [-0.2, -0.15) is 0 Å². The summed E-state index contributed by atoms with van der Waals surface area (Å²) in [7, 11) is 0. The molecule has 0 fully saturated rings. The van der Waals surface area contributed by atoms with E-state index < -0.39 is 131 Å². The van der Waals surface area contributed by atoms with Crippen molar-refractivity contribution in [2.24, 2.45) is 75.8 Å². The van der Waals surface area contributed by atoms with Crippen LogP contribution >= 0.6 is 0 Å². The van der Waals surface area contributed by atoms with Gasteiger partial charge in [-0.3, -0.25) is 52.7 Å². The zero-order valence-electron chi connectivity index (χ0n) is 59.1. The second-order valence-corrected chi connectivity index (χ2v) is 28.2. The smallest absolute Gasteiger partial charge is 0.243 e. The van der Waals surface area contributed by atoms with Gasteiger partial charge in [0.25, 0.3) is 0 Å². The predicted octanol–water partition coefficient (Wildman–Crippen LogP) is 1.49. The quantitative estimate of drug-likeness (QED) is 0.0384. The molecular formula is C66H128N16O11. The molecule has 0 aromatic carbocycles. The van der Waals surface area contributed by atoms with Crippen molar-refractivity contribution in [3.05, 3.63) is 0 Å². The number of nitrogens with one attached hydrogen (secondary N) is 10. The van der Waals surface area contributed by atoms with E-state index in [9.17, 15) is 52.7 Å². The molecule has 0 aromatic heterocycles. The van der Waals surface area contributed by atoms with Crippen LogP contribution in [-0.4, -0.2) is 158 Å². The number of primary amides is 1. The van der Waals surface area contributed by atoms with Crippen molar-refractivity contribution in [3.63, 3.8) is 0 Å². The number of unbranched alkanes of at least 4 members (excludes halogenated alkanes) is 4. The molecule has 0 heterocycles. The first-order valence-corrected chi connectivity index (χ1v) is 34.5. The largest absolute Gasteiger partial charge is 0.368 e. The highest BCUT2D eigenvalue weighted by molar-refractivity contribution is 5.99. The zero-order valence-corrected chi connectivity index (χ0v) is 59.1. The zero-order chi connectivity index (χ0) is 71.1. The molecule has 0 saturated heterocycles. The molecule has 11 atom stereocenters. The van der Waals surface area contributed by atoms with Gasteiger partial charge in [-0.05, 0) is 183 Å². The number of amides is 11. The van der Waals surface area contributed by atoms with Crippen molar-refractivity contribution in [2.75, 3.05) is 26.2 Å². The molecule has 0 aliphatic heterocycles. The van der Waals surface area contributed by atoms with Gasteiger partial charge in [-0.25, -0.2) is 0 Å². The number of carbonyl (C=O) groups is 11. The Morgan fingerprint density at radius 2 is 0.398 bits per heavy atom. The fraction of sp³-hybridized carbons (Fsp3) is 0.833. The van der Waals surface area contributed by atoms with Crippen LogP contribution in [-0.2, 0) is 52.7 Å². The lowest BCUT2D eigenvalue weighted by Crippen LogP contribution is -2.61. The highest BCUT2D eigenvalue weighted by atomic mass is 16.2. The van der Waals surface area contributed by atoms with Gasteiger partial charge in [-0.1, -0.05) is 103 Å². The van der Waals surface area contributed by atoms with Crippen LogP contribution in [0.4, 0.5) is 0 Å². The van der Waals surface area contributed by atoms with Crippen molar-refractivity contribution in [2.45, 2.75) is 285 Å². The Labute approximate surface area is 556 Å². The van der Waals surface area contributed by atoms with Crippen molar-refractivity contribution in [1.82, 2.24) is 53.2 Å².